The van der Waals surface area contributed by atoms with Crippen LogP contribution in [0.2, 0.25) is 0 Å². The monoisotopic (exact) mass is 252 g/mol. The van der Waals surface area contributed by atoms with Gasteiger partial charge >= 0.3 is 19.3 Å². The molecule has 1 aliphatic carbocycles. The van der Waals surface area contributed by atoms with Crippen LogP contribution >= 0.6 is 9.07 Å². The lowest BCUT2D eigenvalue weighted by atomic mass is 9.65. The van der Waals surface area contributed by atoms with Crippen LogP contribution in [0, 0.1) is 11.3 Å². The fourth-order valence-electron chi connectivity index (χ4n) is 1.94. The molecule has 2 rings (SSSR count). The van der Waals surface area contributed by atoms with Crippen molar-refractivity contribution in [2.75, 3.05) is 0 Å². The third-order valence-corrected chi connectivity index (χ3v) is 4.46. The first-order valence-electron chi connectivity index (χ1n) is 4.82. The van der Waals surface area contributed by atoms with Crippen LogP contribution in [0.5, 0.6) is 0 Å². The number of hydrogen-bond donors (Lipinski definition) is 0. The summed E-state index contributed by atoms with van der Waals surface area (Å²) in [5.74, 6) is -2.72. The summed E-state index contributed by atoms with van der Waals surface area (Å²) in [5, 5.41) is 9.01. The molecule has 1 aromatic heterocycles. The van der Waals surface area contributed by atoms with E-state index in [-0.39, 0.29) is 0 Å². The molecular formula is C10H7ClF2MgN2. The molecule has 1 fully saturated rings. The molecule has 6 heteroatoms. The number of aromatic nitrogens is 1. The first kappa shape index (κ1) is 12.0. The van der Waals surface area contributed by atoms with Gasteiger partial charge in [-0.3, -0.25) is 4.98 Å². The largest absolute Gasteiger partial charge is 0.540 e. The number of nitrogens with zero attached hydrogens (tertiary/aromatic N) is 2. The Morgan fingerprint density at radius 1 is 1.44 bits per heavy atom. The van der Waals surface area contributed by atoms with Gasteiger partial charge in [-0.2, -0.15) is 5.26 Å². The number of alkyl halides is 2. The smallest absolute Gasteiger partial charge is 0.336 e. The molecule has 2 nitrogen and oxygen atoms in total. The van der Waals surface area contributed by atoms with Crippen molar-refractivity contribution in [3.05, 3.63) is 24.0 Å². The summed E-state index contributed by atoms with van der Waals surface area (Å²) in [6.07, 6.45) is 0.729. The summed E-state index contributed by atoms with van der Waals surface area (Å²) in [6.45, 7) is 0. The van der Waals surface area contributed by atoms with Crippen LogP contribution in [0.1, 0.15) is 18.5 Å². The third-order valence-electron chi connectivity index (χ3n) is 2.80. The summed E-state index contributed by atoms with van der Waals surface area (Å²) in [4.78, 5) is 4.07. The highest BCUT2D eigenvalue weighted by atomic mass is 35.5. The van der Waals surface area contributed by atoms with Gasteiger partial charge in [0.15, 0.2) is 0 Å². The first-order valence-corrected chi connectivity index (χ1v) is 7.66. The van der Waals surface area contributed by atoms with E-state index in [1.54, 1.807) is 18.3 Å². The van der Waals surface area contributed by atoms with E-state index in [1.165, 1.54) is 0 Å². The van der Waals surface area contributed by atoms with Crippen LogP contribution in [-0.4, -0.2) is 30.2 Å². The Morgan fingerprint density at radius 2 is 2.12 bits per heavy atom. The number of halogens is 3. The Balaban J connectivity index is 2.27. The quantitative estimate of drug-likeness (QED) is 0.753. The maximum atomic E-state index is 12.9. The molecule has 0 atom stereocenters. The van der Waals surface area contributed by atoms with E-state index in [1.807, 2.05) is 6.07 Å². The molecule has 0 aromatic carbocycles. The van der Waals surface area contributed by atoms with E-state index >= 15 is 0 Å². The van der Waals surface area contributed by atoms with Crippen LogP contribution in [0.15, 0.2) is 18.3 Å². The van der Waals surface area contributed by atoms with Crippen molar-refractivity contribution in [3.63, 3.8) is 0 Å². The molecule has 1 heterocycles. The number of hydrogen-bond acceptors (Lipinski definition) is 2. The summed E-state index contributed by atoms with van der Waals surface area (Å²) < 4.78 is 26.7. The minimum absolute atomic E-state index is 0.429. The fourth-order valence-corrected chi connectivity index (χ4v) is 2.78. The minimum Gasteiger partial charge on any atom is -0.336 e. The predicted molar refractivity (Wildman–Crippen MR) is 57.0 cm³/mol. The minimum atomic E-state index is -2.72. The average Bonchev–Trinajstić information content (AvgIpc) is 2.25. The second-order valence-electron chi connectivity index (χ2n) is 4.09. The Morgan fingerprint density at radius 3 is 2.50 bits per heavy atom. The van der Waals surface area contributed by atoms with E-state index < -0.39 is 43.4 Å². The molecule has 80 valence electrons. The second-order valence-corrected chi connectivity index (χ2v) is 5.97. The molecule has 0 radical (unpaired) electrons. The van der Waals surface area contributed by atoms with Crippen LogP contribution in [0.4, 0.5) is 8.78 Å². The summed E-state index contributed by atoms with van der Waals surface area (Å²) in [7, 11) is 5.73. The van der Waals surface area contributed by atoms with Crippen molar-refractivity contribution < 1.29 is 8.78 Å². The van der Waals surface area contributed by atoms with Crippen LogP contribution in [-0.2, 0) is 5.41 Å². The Labute approximate surface area is 105 Å². The fraction of sp³-hybridized carbons (Fsp3) is 0.400. The van der Waals surface area contributed by atoms with E-state index in [2.05, 4.69) is 4.98 Å². The lowest BCUT2D eigenvalue weighted by Gasteiger charge is -2.41. The molecule has 0 spiro atoms. The Hall–Kier alpha value is -0.444. The zero-order chi connectivity index (χ0) is 11.8. The van der Waals surface area contributed by atoms with Gasteiger partial charge in [-0.25, -0.2) is 8.78 Å². The Kier molecular flexibility index (Phi) is 3.08. The molecule has 0 bridgehead atoms. The van der Waals surface area contributed by atoms with Crippen molar-refractivity contribution in [1.82, 2.24) is 4.98 Å². The zero-order valence-electron chi connectivity index (χ0n) is 8.38. The molecule has 1 saturated carbocycles. The Bertz CT molecular complexity index is 433. The van der Waals surface area contributed by atoms with Crippen LogP contribution < -0.4 is 3.69 Å². The highest BCUT2D eigenvalue weighted by Crippen LogP contribution is 2.52. The normalized spacial score (nSPS) is 20.4. The summed E-state index contributed by atoms with van der Waals surface area (Å²) in [6, 6.07) is 5.38. The molecule has 0 N–H and O–H groups in total. The molecule has 0 saturated heterocycles. The number of nitriles is 1. The highest BCUT2D eigenvalue weighted by molar-refractivity contribution is 7.01. The topological polar surface area (TPSA) is 36.7 Å². The zero-order valence-corrected chi connectivity index (χ0v) is 10.6. The number of rotatable bonds is 2. The SMILES string of the molecule is N#CC1(c2cc[c]([Mg][Cl])cn2)CC(F)(F)C1. The molecule has 1 aliphatic rings. The van der Waals surface area contributed by atoms with E-state index in [9.17, 15) is 8.78 Å². The first-order chi connectivity index (χ1) is 7.51. The molecule has 0 amide bonds. The molecular weight excluding hydrogens is 246 g/mol. The van der Waals surface area contributed by atoms with Gasteiger partial charge in [0.25, 0.3) is 5.92 Å². The van der Waals surface area contributed by atoms with Gasteiger partial charge in [-0.05, 0) is 6.07 Å². The van der Waals surface area contributed by atoms with Gasteiger partial charge in [0.05, 0.1) is 11.8 Å². The van der Waals surface area contributed by atoms with Crippen molar-refractivity contribution in [2.24, 2.45) is 0 Å². The summed E-state index contributed by atoms with van der Waals surface area (Å²) >= 11 is -0.807. The van der Waals surface area contributed by atoms with Gasteiger partial charge in [0.2, 0.25) is 0 Å². The second kappa shape index (κ2) is 4.10. The van der Waals surface area contributed by atoms with Crippen molar-refractivity contribution >= 4 is 32.0 Å². The molecule has 1 aromatic rings. The number of pyridine rings is 1. The van der Waals surface area contributed by atoms with Crippen molar-refractivity contribution in [3.8, 4) is 6.07 Å². The van der Waals surface area contributed by atoms with Gasteiger partial charge in [-0.1, -0.05) is 6.07 Å². The third kappa shape index (κ3) is 2.02. The lowest BCUT2D eigenvalue weighted by Crippen LogP contribution is -2.49. The highest BCUT2D eigenvalue weighted by Gasteiger charge is 2.58. The van der Waals surface area contributed by atoms with E-state index in [0.29, 0.717) is 5.69 Å². The van der Waals surface area contributed by atoms with Crippen LogP contribution in [0.25, 0.3) is 0 Å². The maximum Gasteiger partial charge on any atom is 0.540 e. The molecule has 16 heavy (non-hydrogen) atoms. The average molecular weight is 253 g/mol. The van der Waals surface area contributed by atoms with Gasteiger partial charge in [-0.15, -0.1) is 3.69 Å². The van der Waals surface area contributed by atoms with Crippen molar-refractivity contribution in [2.45, 2.75) is 24.2 Å². The molecule has 0 aliphatic heterocycles. The molecule has 0 unspecified atom stereocenters. The summed E-state index contributed by atoms with van der Waals surface area (Å²) in [5.41, 5.74) is -0.667. The van der Waals surface area contributed by atoms with Gasteiger partial charge < -0.3 is 9.07 Å². The van der Waals surface area contributed by atoms with Gasteiger partial charge in [0.1, 0.15) is 5.41 Å². The van der Waals surface area contributed by atoms with Crippen molar-refractivity contribution in [1.29, 1.82) is 5.26 Å². The van der Waals surface area contributed by atoms with Gasteiger partial charge in [0, 0.05) is 19.0 Å². The van der Waals surface area contributed by atoms with Crippen LogP contribution in [0.3, 0.4) is 0 Å². The van der Waals surface area contributed by atoms with E-state index in [4.69, 9.17) is 14.3 Å². The lowest BCUT2D eigenvalue weighted by molar-refractivity contribution is -0.110. The van der Waals surface area contributed by atoms with E-state index in [0.717, 1.165) is 3.69 Å². The maximum absolute atomic E-state index is 12.9. The predicted octanol–water partition coefficient (Wildman–Crippen LogP) is 1.76. The standard InChI is InChI=1S/C10H7F2N2.ClH.Mg/c11-10(12)5-9(6-10,7-13)8-3-1-2-4-14-8;;/h1,3-4H,5-6H2;1H;/q;;+1/p-1.